The van der Waals surface area contributed by atoms with Crippen LogP contribution in [0.25, 0.3) is 0 Å². The third kappa shape index (κ3) is 3.75. The summed E-state index contributed by atoms with van der Waals surface area (Å²) >= 11 is 0. The van der Waals surface area contributed by atoms with Gasteiger partial charge in [-0.1, -0.05) is 6.07 Å². The molecular weight excluding hydrogens is 268 g/mol. The van der Waals surface area contributed by atoms with Gasteiger partial charge in [0, 0.05) is 23.9 Å². The van der Waals surface area contributed by atoms with E-state index in [1.807, 2.05) is 0 Å². The summed E-state index contributed by atoms with van der Waals surface area (Å²) in [6, 6.07) is 11.2. The third-order valence-electron chi connectivity index (χ3n) is 2.26. The fourth-order valence-electron chi connectivity index (χ4n) is 1.36. The zero-order valence-electron chi connectivity index (χ0n) is 9.76. The number of rotatable bonds is 3. The first-order chi connectivity index (χ1) is 8.66. The number of non-ortho nitro benzene ring substituents is 1. The van der Waals surface area contributed by atoms with E-state index in [0.29, 0.717) is 11.4 Å². The average molecular weight is 279 g/mol. The summed E-state index contributed by atoms with van der Waals surface area (Å²) in [7, 11) is 0. The average Bonchev–Trinajstić information content (AvgIpc) is 2.40. The molecule has 0 aliphatic heterocycles. The van der Waals surface area contributed by atoms with Crippen molar-refractivity contribution in [3.63, 3.8) is 0 Å². The Morgan fingerprint density at radius 1 is 1.21 bits per heavy atom. The molecule has 6 nitrogen and oxygen atoms in total. The number of nitrogens with two attached hydrogens (primary N) is 1. The van der Waals surface area contributed by atoms with Gasteiger partial charge in [0.1, 0.15) is 5.84 Å². The molecule has 1 aromatic carbocycles. The maximum Gasteiger partial charge on any atom is 0.269 e. The molecule has 2 N–H and O–H groups in total. The van der Waals surface area contributed by atoms with Crippen molar-refractivity contribution in [2.45, 2.75) is 0 Å². The van der Waals surface area contributed by atoms with Gasteiger partial charge in [0.2, 0.25) is 0 Å². The normalized spacial score (nSPS) is 10.6. The van der Waals surface area contributed by atoms with Gasteiger partial charge in [0.05, 0.1) is 4.92 Å². The topological polar surface area (TPSA) is 94.4 Å². The van der Waals surface area contributed by atoms with Crippen molar-refractivity contribution in [2.75, 3.05) is 0 Å². The number of amidine groups is 1. The summed E-state index contributed by atoms with van der Waals surface area (Å²) in [6.07, 6.45) is 1.61. The molecule has 1 aromatic heterocycles. The molecule has 2 aromatic rings. The van der Waals surface area contributed by atoms with Gasteiger partial charge in [-0.2, -0.15) is 0 Å². The minimum Gasteiger partial charge on any atom is -0.383 e. The number of nitrogens with zero attached hydrogens (tertiary/aromatic N) is 3. The predicted octanol–water partition coefficient (Wildman–Crippen LogP) is 2.45. The molecular formula is C12H11ClN4O2. The van der Waals surface area contributed by atoms with E-state index >= 15 is 0 Å². The number of aromatic nitrogens is 1. The van der Waals surface area contributed by atoms with Gasteiger partial charge in [-0.25, -0.2) is 9.98 Å². The SMILES string of the molecule is Cl.N/C(=N\c1ccccn1)c1ccc([N+](=O)[O-])cc1. The molecule has 98 valence electrons. The zero-order valence-corrected chi connectivity index (χ0v) is 10.6. The van der Waals surface area contributed by atoms with Crippen molar-refractivity contribution >= 4 is 29.7 Å². The van der Waals surface area contributed by atoms with Gasteiger partial charge < -0.3 is 5.73 Å². The first kappa shape index (κ1) is 14.6. The second-order valence-corrected chi connectivity index (χ2v) is 3.49. The highest BCUT2D eigenvalue weighted by molar-refractivity contribution is 5.98. The van der Waals surface area contributed by atoms with Crippen LogP contribution in [-0.2, 0) is 0 Å². The van der Waals surface area contributed by atoms with Crippen LogP contribution in [0.1, 0.15) is 5.56 Å². The Labute approximate surface area is 115 Å². The van der Waals surface area contributed by atoms with E-state index in [2.05, 4.69) is 9.98 Å². The summed E-state index contributed by atoms with van der Waals surface area (Å²) in [5, 5.41) is 10.5. The standard InChI is InChI=1S/C12H10N4O2.ClH/c13-12(15-11-3-1-2-8-14-11)9-4-6-10(7-5-9)16(17)18;/h1-8H,(H2,13,14,15);1H. The van der Waals surface area contributed by atoms with E-state index in [9.17, 15) is 10.1 Å². The van der Waals surface area contributed by atoms with Gasteiger partial charge in [-0.05, 0) is 24.3 Å². The maximum atomic E-state index is 10.5. The van der Waals surface area contributed by atoms with Crippen molar-refractivity contribution in [1.82, 2.24) is 4.98 Å². The molecule has 0 unspecified atom stereocenters. The number of halogens is 1. The lowest BCUT2D eigenvalue weighted by molar-refractivity contribution is -0.384. The summed E-state index contributed by atoms with van der Waals surface area (Å²) in [6.45, 7) is 0. The van der Waals surface area contributed by atoms with Gasteiger partial charge in [-0.3, -0.25) is 10.1 Å². The first-order valence-electron chi connectivity index (χ1n) is 5.17. The second kappa shape index (κ2) is 6.46. The van der Waals surface area contributed by atoms with Crippen LogP contribution in [0.3, 0.4) is 0 Å². The fraction of sp³-hybridized carbons (Fsp3) is 0. The van der Waals surface area contributed by atoms with Crippen molar-refractivity contribution in [3.8, 4) is 0 Å². The van der Waals surface area contributed by atoms with Gasteiger partial charge in [0.25, 0.3) is 5.69 Å². The summed E-state index contributed by atoms with van der Waals surface area (Å²) in [5.41, 5.74) is 6.43. The molecule has 0 bridgehead atoms. The molecule has 0 fully saturated rings. The van der Waals surface area contributed by atoms with E-state index in [1.165, 1.54) is 12.1 Å². The van der Waals surface area contributed by atoms with Crippen molar-refractivity contribution < 1.29 is 4.92 Å². The molecule has 0 radical (unpaired) electrons. The number of nitro groups is 1. The van der Waals surface area contributed by atoms with Crippen LogP contribution in [0.2, 0.25) is 0 Å². The van der Waals surface area contributed by atoms with Crippen LogP contribution in [0.5, 0.6) is 0 Å². The van der Waals surface area contributed by atoms with Crippen LogP contribution in [0.15, 0.2) is 53.7 Å². The Bertz CT molecular complexity index is 584. The van der Waals surface area contributed by atoms with Gasteiger partial charge in [-0.15, -0.1) is 12.4 Å². The minimum absolute atomic E-state index is 0. The highest BCUT2D eigenvalue weighted by atomic mass is 35.5. The Hall–Kier alpha value is -2.47. The molecule has 0 amide bonds. The third-order valence-corrected chi connectivity index (χ3v) is 2.26. The number of nitro benzene ring substituents is 1. The number of hydrogen-bond acceptors (Lipinski definition) is 4. The van der Waals surface area contributed by atoms with Gasteiger partial charge >= 0.3 is 0 Å². The molecule has 0 spiro atoms. The number of benzene rings is 1. The molecule has 7 heteroatoms. The van der Waals surface area contributed by atoms with E-state index < -0.39 is 4.92 Å². The van der Waals surface area contributed by atoms with Crippen LogP contribution < -0.4 is 5.73 Å². The molecule has 1 heterocycles. The lowest BCUT2D eigenvalue weighted by Crippen LogP contribution is -2.12. The van der Waals surface area contributed by atoms with E-state index in [1.54, 1.807) is 36.5 Å². The van der Waals surface area contributed by atoms with Crippen LogP contribution in [0.4, 0.5) is 11.5 Å². The predicted molar refractivity (Wildman–Crippen MR) is 75.0 cm³/mol. The lowest BCUT2D eigenvalue weighted by Gasteiger charge is -2.00. The smallest absolute Gasteiger partial charge is 0.269 e. The maximum absolute atomic E-state index is 10.5. The Morgan fingerprint density at radius 2 is 1.89 bits per heavy atom. The molecule has 0 aliphatic rings. The Balaban J connectivity index is 0.00000180. The largest absolute Gasteiger partial charge is 0.383 e. The highest BCUT2D eigenvalue weighted by Crippen LogP contribution is 2.13. The van der Waals surface area contributed by atoms with Gasteiger partial charge in [0.15, 0.2) is 5.82 Å². The quantitative estimate of drug-likeness (QED) is 0.404. The lowest BCUT2D eigenvalue weighted by atomic mass is 10.2. The number of aliphatic imine (C=N–C) groups is 1. The first-order valence-corrected chi connectivity index (χ1v) is 5.17. The number of hydrogen-bond donors (Lipinski definition) is 1. The van der Waals surface area contributed by atoms with E-state index in [4.69, 9.17) is 5.73 Å². The Kier molecular flexibility index (Phi) is 4.96. The molecule has 2 rings (SSSR count). The summed E-state index contributed by atoms with van der Waals surface area (Å²) < 4.78 is 0. The Morgan fingerprint density at radius 3 is 2.42 bits per heavy atom. The van der Waals surface area contributed by atoms with Crippen LogP contribution in [0, 0.1) is 10.1 Å². The van der Waals surface area contributed by atoms with Crippen LogP contribution in [-0.4, -0.2) is 15.7 Å². The monoisotopic (exact) mass is 278 g/mol. The highest BCUT2D eigenvalue weighted by Gasteiger charge is 2.05. The molecule has 19 heavy (non-hydrogen) atoms. The van der Waals surface area contributed by atoms with Crippen LogP contribution >= 0.6 is 12.4 Å². The molecule has 0 aliphatic carbocycles. The van der Waals surface area contributed by atoms with E-state index in [0.717, 1.165) is 0 Å². The molecule has 0 atom stereocenters. The summed E-state index contributed by atoms with van der Waals surface area (Å²) in [4.78, 5) is 18.2. The van der Waals surface area contributed by atoms with E-state index in [-0.39, 0.29) is 23.9 Å². The summed E-state index contributed by atoms with van der Waals surface area (Å²) in [5.74, 6) is 0.761. The second-order valence-electron chi connectivity index (χ2n) is 3.49. The number of pyridine rings is 1. The molecule has 0 saturated carbocycles. The van der Waals surface area contributed by atoms with Crippen molar-refractivity contribution in [2.24, 2.45) is 10.7 Å². The molecule has 0 saturated heterocycles. The van der Waals surface area contributed by atoms with Crippen molar-refractivity contribution in [3.05, 3.63) is 64.3 Å². The van der Waals surface area contributed by atoms with Crippen molar-refractivity contribution in [1.29, 1.82) is 0 Å². The minimum atomic E-state index is -0.462. The fourth-order valence-corrected chi connectivity index (χ4v) is 1.36. The zero-order chi connectivity index (χ0) is 13.0.